The van der Waals surface area contributed by atoms with Crippen molar-refractivity contribution in [3.05, 3.63) is 54.1 Å². The number of benzene rings is 2. The zero-order valence-electron chi connectivity index (χ0n) is 12.7. The van der Waals surface area contributed by atoms with E-state index < -0.39 is 0 Å². The Labute approximate surface area is 130 Å². The van der Waals surface area contributed by atoms with E-state index in [2.05, 4.69) is 5.32 Å². The zero-order chi connectivity index (χ0) is 15.5. The van der Waals surface area contributed by atoms with Crippen LogP contribution < -0.4 is 14.8 Å². The van der Waals surface area contributed by atoms with Crippen molar-refractivity contribution < 1.29 is 14.3 Å². The van der Waals surface area contributed by atoms with Crippen molar-refractivity contribution in [1.82, 2.24) is 0 Å². The predicted molar refractivity (Wildman–Crippen MR) is 85.3 cm³/mol. The molecule has 114 valence electrons. The first-order valence-corrected chi connectivity index (χ1v) is 7.44. The molecule has 0 bridgehead atoms. The van der Waals surface area contributed by atoms with Crippen LogP contribution in [0.15, 0.2) is 48.5 Å². The zero-order valence-corrected chi connectivity index (χ0v) is 12.7. The van der Waals surface area contributed by atoms with Gasteiger partial charge in [-0.05, 0) is 31.5 Å². The molecule has 1 aliphatic heterocycles. The highest BCUT2D eigenvalue weighted by Crippen LogP contribution is 2.34. The number of fused-ring (bicyclic) bond motifs is 1. The Morgan fingerprint density at radius 2 is 2.00 bits per heavy atom. The van der Waals surface area contributed by atoms with Crippen molar-refractivity contribution in [2.75, 3.05) is 5.32 Å². The molecule has 0 radical (unpaired) electrons. The Balaban J connectivity index is 1.80. The second kappa shape index (κ2) is 6.10. The predicted octanol–water partition coefficient (Wildman–Crippen LogP) is 3.94. The second-order valence-corrected chi connectivity index (χ2v) is 5.51. The summed E-state index contributed by atoms with van der Waals surface area (Å²) in [6.07, 6.45) is 0.144. The lowest BCUT2D eigenvalue weighted by Gasteiger charge is -2.17. The van der Waals surface area contributed by atoms with Gasteiger partial charge in [0.05, 0.1) is 12.1 Å². The quantitative estimate of drug-likeness (QED) is 0.933. The SMILES string of the molecule is C[C@@H]1CC(=O)Nc2ccc(O[C@H](C)c3ccccc3)cc2O1. The number of hydrogen-bond acceptors (Lipinski definition) is 3. The van der Waals surface area contributed by atoms with Crippen LogP contribution in [-0.4, -0.2) is 12.0 Å². The maximum atomic E-state index is 11.7. The van der Waals surface area contributed by atoms with Gasteiger partial charge in [0.15, 0.2) is 0 Å². The molecule has 0 aliphatic carbocycles. The topological polar surface area (TPSA) is 47.6 Å². The number of hydrogen-bond donors (Lipinski definition) is 1. The van der Waals surface area contributed by atoms with E-state index in [0.717, 1.165) is 11.3 Å². The third-order valence-corrected chi connectivity index (χ3v) is 3.61. The van der Waals surface area contributed by atoms with Crippen molar-refractivity contribution in [2.24, 2.45) is 0 Å². The molecule has 0 saturated carbocycles. The summed E-state index contributed by atoms with van der Waals surface area (Å²) in [5.74, 6) is 1.34. The molecule has 1 amide bonds. The highest BCUT2D eigenvalue weighted by molar-refractivity contribution is 5.93. The van der Waals surface area contributed by atoms with E-state index in [1.54, 1.807) is 0 Å². The van der Waals surface area contributed by atoms with Gasteiger partial charge in [-0.2, -0.15) is 0 Å². The number of amides is 1. The average molecular weight is 297 g/mol. The first kappa shape index (κ1) is 14.4. The van der Waals surface area contributed by atoms with Crippen molar-refractivity contribution >= 4 is 11.6 Å². The van der Waals surface area contributed by atoms with Gasteiger partial charge < -0.3 is 14.8 Å². The molecule has 1 aliphatic rings. The Morgan fingerprint density at radius 1 is 1.23 bits per heavy atom. The summed E-state index contributed by atoms with van der Waals surface area (Å²) in [6.45, 7) is 3.89. The van der Waals surface area contributed by atoms with Crippen LogP contribution in [0.25, 0.3) is 0 Å². The van der Waals surface area contributed by atoms with Crippen LogP contribution in [0.5, 0.6) is 11.5 Å². The fourth-order valence-electron chi connectivity index (χ4n) is 2.49. The Kier molecular flexibility index (Phi) is 4.00. The molecule has 1 heterocycles. The Hall–Kier alpha value is -2.49. The van der Waals surface area contributed by atoms with Crippen LogP contribution in [0.4, 0.5) is 5.69 Å². The minimum absolute atomic E-state index is 0.0300. The van der Waals surface area contributed by atoms with E-state index in [4.69, 9.17) is 9.47 Å². The van der Waals surface area contributed by atoms with Gasteiger partial charge in [-0.25, -0.2) is 0 Å². The third-order valence-electron chi connectivity index (χ3n) is 3.61. The highest BCUT2D eigenvalue weighted by Gasteiger charge is 2.20. The minimum Gasteiger partial charge on any atom is -0.488 e. The van der Waals surface area contributed by atoms with Gasteiger partial charge in [0, 0.05) is 6.07 Å². The normalized spacial score (nSPS) is 18.5. The van der Waals surface area contributed by atoms with Gasteiger partial charge in [0.1, 0.15) is 23.7 Å². The summed E-state index contributed by atoms with van der Waals surface area (Å²) in [4.78, 5) is 11.7. The third kappa shape index (κ3) is 3.22. The number of nitrogens with one attached hydrogen (secondary N) is 1. The molecule has 2 atom stereocenters. The molecule has 2 aromatic carbocycles. The van der Waals surface area contributed by atoms with Crippen LogP contribution in [0, 0.1) is 0 Å². The fourth-order valence-corrected chi connectivity index (χ4v) is 2.49. The van der Waals surface area contributed by atoms with E-state index in [1.807, 2.05) is 62.4 Å². The van der Waals surface area contributed by atoms with Crippen LogP contribution in [-0.2, 0) is 4.79 Å². The molecule has 22 heavy (non-hydrogen) atoms. The molecular weight excluding hydrogens is 278 g/mol. The van der Waals surface area contributed by atoms with Gasteiger partial charge in [-0.15, -0.1) is 0 Å². The summed E-state index contributed by atoms with van der Waals surface area (Å²) >= 11 is 0. The number of carbonyl (C=O) groups is 1. The molecule has 3 rings (SSSR count). The van der Waals surface area contributed by atoms with Gasteiger partial charge in [0.2, 0.25) is 5.91 Å². The number of anilines is 1. The lowest BCUT2D eigenvalue weighted by atomic mass is 10.1. The van der Waals surface area contributed by atoms with Crippen molar-refractivity contribution in [3.8, 4) is 11.5 Å². The van der Waals surface area contributed by atoms with E-state index in [1.165, 1.54) is 0 Å². The lowest BCUT2D eigenvalue weighted by molar-refractivity contribution is -0.117. The molecule has 2 aromatic rings. The standard InChI is InChI=1S/C18H19NO3/c1-12-10-18(20)19-16-9-8-15(11-17(16)21-12)22-13(2)14-6-4-3-5-7-14/h3-9,11-13H,10H2,1-2H3,(H,19,20)/t12-,13-/m1/s1. The molecule has 0 spiro atoms. The van der Waals surface area contributed by atoms with E-state index in [0.29, 0.717) is 17.9 Å². The molecule has 0 unspecified atom stereocenters. The molecule has 0 fully saturated rings. The van der Waals surface area contributed by atoms with Crippen LogP contribution in [0.1, 0.15) is 31.9 Å². The maximum absolute atomic E-state index is 11.7. The van der Waals surface area contributed by atoms with Crippen molar-refractivity contribution in [1.29, 1.82) is 0 Å². The first-order chi connectivity index (χ1) is 10.6. The highest BCUT2D eigenvalue weighted by atomic mass is 16.5. The molecule has 0 saturated heterocycles. The first-order valence-electron chi connectivity index (χ1n) is 7.44. The largest absolute Gasteiger partial charge is 0.488 e. The lowest BCUT2D eigenvalue weighted by Crippen LogP contribution is -2.17. The average Bonchev–Trinajstić information content (AvgIpc) is 2.64. The van der Waals surface area contributed by atoms with Crippen molar-refractivity contribution in [3.63, 3.8) is 0 Å². The van der Waals surface area contributed by atoms with Crippen LogP contribution >= 0.6 is 0 Å². The van der Waals surface area contributed by atoms with Crippen molar-refractivity contribution in [2.45, 2.75) is 32.5 Å². The summed E-state index contributed by atoms with van der Waals surface area (Å²) in [7, 11) is 0. The Morgan fingerprint density at radius 3 is 2.77 bits per heavy atom. The van der Waals surface area contributed by atoms with Crippen LogP contribution in [0.2, 0.25) is 0 Å². The minimum atomic E-state index is -0.150. The molecular formula is C18H19NO3. The monoisotopic (exact) mass is 297 g/mol. The molecule has 0 aromatic heterocycles. The van der Waals surface area contributed by atoms with E-state index in [9.17, 15) is 4.79 Å². The van der Waals surface area contributed by atoms with E-state index in [-0.39, 0.29) is 18.1 Å². The second-order valence-electron chi connectivity index (χ2n) is 5.51. The number of carbonyl (C=O) groups excluding carboxylic acids is 1. The Bertz CT molecular complexity index is 669. The molecule has 4 nitrogen and oxygen atoms in total. The summed E-state index contributed by atoms with van der Waals surface area (Å²) in [5, 5.41) is 2.85. The summed E-state index contributed by atoms with van der Waals surface area (Å²) in [6, 6.07) is 15.5. The molecule has 1 N–H and O–H groups in total. The summed E-state index contributed by atoms with van der Waals surface area (Å²) < 4.78 is 11.8. The molecule has 4 heteroatoms. The smallest absolute Gasteiger partial charge is 0.228 e. The maximum Gasteiger partial charge on any atom is 0.228 e. The number of rotatable bonds is 3. The summed E-state index contributed by atoms with van der Waals surface area (Å²) in [5.41, 5.74) is 1.80. The van der Waals surface area contributed by atoms with Gasteiger partial charge in [0.25, 0.3) is 0 Å². The van der Waals surface area contributed by atoms with Gasteiger partial charge in [-0.1, -0.05) is 30.3 Å². The van der Waals surface area contributed by atoms with E-state index >= 15 is 0 Å². The number of ether oxygens (including phenoxy) is 2. The van der Waals surface area contributed by atoms with Crippen LogP contribution in [0.3, 0.4) is 0 Å². The fraction of sp³-hybridized carbons (Fsp3) is 0.278. The van der Waals surface area contributed by atoms with Gasteiger partial charge >= 0.3 is 0 Å². The van der Waals surface area contributed by atoms with Gasteiger partial charge in [-0.3, -0.25) is 4.79 Å².